The van der Waals surface area contributed by atoms with Gasteiger partial charge in [-0.3, -0.25) is 14.4 Å². The third-order valence-corrected chi connectivity index (χ3v) is 9.15. The number of hydrogen-bond donors (Lipinski definition) is 6. The maximum Gasteiger partial charge on any atom is 1.00 e. The average molecular weight is 1190 g/mol. The Labute approximate surface area is 504 Å². The van der Waals surface area contributed by atoms with E-state index in [-0.39, 0.29) is 83.9 Å². The monoisotopic (exact) mass is 1180 g/mol. The van der Waals surface area contributed by atoms with Crippen molar-refractivity contribution in [2.75, 3.05) is 64.7 Å². The molecule has 5 rings (SSSR count). The van der Waals surface area contributed by atoms with Crippen LogP contribution in [0.1, 0.15) is 69.5 Å². The second-order valence-electron chi connectivity index (χ2n) is 15.1. The molecule has 0 saturated carbocycles. The van der Waals surface area contributed by atoms with E-state index in [1.54, 1.807) is 0 Å². The largest absolute Gasteiger partial charge is 1.00 e. The minimum Gasteiger partial charge on any atom is -1.00 e. The van der Waals surface area contributed by atoms with Crippen LogP contribution in [-0.4, -0.2) is 54.4 Å². The molecule has 0 unspecified atom stereocenters. The molecular formula is C59H48Cl2F9N6NaO5. The van der Waals surface area contributed by atoms with Gasteiger partial charge in [0, 0.05) is 109 Å². The summed E-state index contributed by atoms with van der Waals surface area (Å²) < 4.78 is 116. The number of nitrogens with two attached hydrogens (primary N) is 4. The summed E-state index contributed by atoms with van der Waals surface area (Å²) in [6.45, 7) is 2.44. The van der Waals surface area contributed by atoms with Gasteiger partial charge in [0.1, 0.15) is 0 Å². The first-order chi connectivity index (χ1) is 38.3. The Bertz CT molecular complexity index is 3210. The molecule has 82 heavy (non-hydrogen) atoms. The first kappa shape index (κ1) is 75.4. The van der Waals surface area contributed by atoms with E-state index in [4.69, 9.17) is 68.8 Å². The number of nitrogens with zero attached hydrogens (tertiary/aromatic N) is 1. The maximum absolute atomic E-state index is 12.6. The number of carboxylic acids is 1. The summed E-state index contributed by atoms with van der Waals surface area (Å²) in [6, 6.07) is 9.10. The number of carbonyl (C=O) groups is 3. The van der Waals surface area contributed by atoms with Gasteiger partial charge in [-0.2, -0.15) is 39.5 Å². The normalized spacial score (nSPS) is 10.8. The fourth-order valence-electron chi connectivity index (χ4n) is 5.35. The van der Waals surface area contributed by atoms with Gasteiger partial charge in [0.15, 0.2) is 0 Å². The minimum atomic E-state index is -4.50. The number of halogens is 11. The Morgan fingerprint density at radius 2 is 0.915 bits per heavy atom. The molecule has 422 valence electrons. The van der Waals surface area contributed by atoms with E-state index in [2.05, 4.69) is 124 Å². The van der Waals surface area contributed by atoms with Crippen molar-refractivity contribution in [1.82, 2.24) is 0 Å². The quantitative estimate of drug-likeness (QED) is 0.0461. The number of benzene rings is 3. The summed E-state index contributed by atoms with van der Waals surface area (Å²) in [7, 11) is 0. The van der Waals surface area contributed by atoms with Crippen LogP contribution in [0.5, 0.6) is 0 Å². The van der Waals surface area contributed by atoms with Crippen molar-refractivity contribution in [2.45, 2.75) is 69.9 Å². The number of amides is 2. The van der Waals surface area contributed by atoms with E-state index >= 15 is 0 Å². The molecule has 0 aromatic heterocycles. The maximum atomic E-state index is 12.6. The molecule has 3 aromatic rings. The van der Waals surface area contributed by atoms with E-state index in [1.807, 2.05) is 0 Å². The van der Waals surface area contributed by atoms with Crippen LogP contribution in [-0.2, 0) is 37.6 Å². The molecule has 0 spiro atoms. The van der Waals surface area contributed by atoms with Crippen molar-refractivity contribution in [1.29, 1.82) is 0 Å². The number of carbonyl (C=O) groups excluding carboxylic acids is 2. The predicted octanol–water partition coefficient (Wildman–Crippen LogP) is 6.82. The zero-order valence-electron chi connectivity index (χ0n) is 44.5. The van der Waals surface area contributed by atoms with Crippen LogP contribution in [0.4, 0.5) is 73.6 Å². The van der Waals surface area contributed by atoms with Crippen LogP contribution in [0.15, 0.2) is 54.6 Å². The summed E-state index contributed by atoms with van der Waals surface area (Å²) >= 11 is 10.6. The Kier molecular flexibility index (Phi) is 39.7. The molecule has 23 heteroatoms. The molecule has 2 saturated heterocycles. The van der Waals surface area contributed by atoms with E-state index < -0.39 is 47.1 Å². The summed E-state index contributed by atoms with van der Waals surface area (Å²) in [5.74, 6) is 47.6. The van der Waals surface area contributed by atoms with E-state index in [1.165, 1.54) is 35.9 Å². The molecule has 2 amide bonds. The number of nitrogens with one attached hydrogen (secondary N) is 1. The molecule has 2 aliphatic heterocycles. The van der Waals surface area contributed by atoms with Crippen LogP contribution in [0.3, 0.4) is 0 Å². The van der Waals surface area contributed by atoms with E-state index in [0.29, 0.717) is 44.0 Å². The smallest absolute Gasteiger partial charge is 1.00 e. The number of nitrogen functional groups attached to an aromatic ring is 4. The van der Waals surface area contributed by atoms with Crippen molar-refractivity contribution in [3.8, 4) is 131 Å². The first-order valence-corrected chi connectivity index (χ1v) is 24.0. The number of alkyl halides is 11. The van der Waals surface area contributed by atoms with Crippen LogP contribution in [0.25, 0.3) is 0 Å². The van der Waals surface area contributed by atoms with Crippen molar-refractivity contribution < 1.29 is 94.7 Å². The molecule has 0 radical (unpaired) electrons. The van der Waals surface area contributed by atoms with E-state index in [0.717, 1.165) is 49.6 Å². The van der Waals surface area contributed by atoms with Gasteiger partial charge in [0.25, 0.3) is 0 Å². The van der Waals surface area contributed by atoms with Gasteiger partial charge >= 0.3 is 54.1 Å². The molecule has 0 bridgehead atoms. The van der Waals surface area contributed by atoms with Gasteiger partial charge in [0.05, 0.1) is 16.7 Å². The Balaban J connectivity index is -0.000000965. The Hall–Kier alpha value is -8.66. The fourth-order valence-corrected chi connectivity index (χ4v) is 5.62. The molecule has 11 nitrogen and oxygen atoms in total. The summed E-state index contributed by atoms with van der Waals surface area (Å²) in [5.41, 5.74) is 18.8. The summed E-state index contributed by atoms with van der Waals surface area (Å²) in [5, 5.41) is 10.3. The van der Waals surface area contributed by atoms with Gasteiger partial charge in [-0.05, 0) is 181 Å². The van der Waals surface area contributed by atoms with Crippen LogP contribution >= 0.6 is 23.2 Å². The van der Waals surface area contributed by atoms with Gasteiger partial charge < -0.3 is 44.4 Å². The molecule has 0 atom stereocenters. The first-order valence-electron chi connectivity index (χ1n) is 22.9. The standard InChI is InChI=1S/C22H2.C11H12ClF3N2O.C11H11F3N2O.C7H7F3N2.C4H7ClO2.C4H8O.Na.H/c1-3-5-7-9-11-13-15-17-19-21-22-20-18-16-14-12-10-8-6-4-2;12-3-1-2-10(18)17-9-5-7(11(13,14)15)4-8(16)6-9;12-11(13,14)7-4-8(15)6-9(5-7)16-3-1-2-10(16)17;8-7(9,10)4-1-5(11)3-6(12)2-4;5-3-1-2-4(6)7;1-2-4-5-3-1;;/h1-2H;4-6H,1-3,16H2,(H,17,18);4-6H,1-3,15H2;1-3H,11-12H2;1-3H2,(H,6,7);1-4H2;;/q;;;;;;+1;-1. The molecule has 3 aromatic carbocycles. The van der Waals surface area contributed by atoms with Crippen LogP contribution in [0, 0.1) is 131 Å². The number of ether oxygens (including phenoxy) is 1. The third-order valence-electron chi connectivity index (χ3n) is 8.62. The number of terminal acetylenes is 2. The number of aliphatic carboxylic acids is 1. The topological polar surface area (TPSA) is 200 Å². The molecule has 0 aliphatic carbocycles. The average Bonchev–Trinajstić information content (AvgIpc) is 4.13. The van der Waals surface area contributed by atoms with Crippen molar-refractivity contribution in [3.63, 3.8) is 0 Å². The fraction of sp³-hybridized carbons (Fsp3) is 0.271. The molecule has 2 aliphatic rings. The molecular weight excluding hydrogens is 1140 g/mol. The Morgan fingerprint density at radius 1 is 0.561 bits per heavy atom. The van der Waals surface area contributed by atoms with Crippen LogP contribution < -0.4 is 62.7 Å². The number of anilines is 6. The van der Waals surface area contributed by atoms with Crippen LogP contribution in [0.2, 0.25) is 0 Å². The van der Waals surface area contributed by atoms with Gasteiger partial charge in [-0.25, -0.2) is 0 Å². The molecule has 10 N–H and O–H groups in total. The summed E-state index contributed by atoms with van der Waals surface area (Å²) in [6.07, 6.45) is 1.41. The van der Waals surface area contributed by atoms with Gasteiger partial charge in [-0.1, -0.05) is 0 Å². The SMILES string of the molecule is C#CC#CC#CC#CC#CC#CC#CC#CC#CC#CC#C.C1CCOC1.Nc1cc(N)cc(C(F)(F)F)c1.Nc1cc(N2CCCC2=O)cc(C(F)(F)F)c1.Nc1cc(NC(=O)CCCCl)cc(C(F)(F)F)c1.O=C(O)CCCCl.[H-].[Na+]. The number of hydrogen-bond acceptors (Lipinski definition) is 8. The predicted molar refractivity (Wildman–Crippen MR) is 299 cm³/mol. The van der Waals surface area contributed by atoms with Crippen molar-refractivity contribution >= 4 is 75.1 Å². The van der Waals surface area contributed by atoms with Gasteiger partial charge in [0.2, 0.25) is 11.8 Å². The summed E-state index contributed by atoms with van der Waals surface area (Å²) in [4.78, 5) is 33.8. The minimum absolute atomic E-state index is 0. The van der Waals surface area contributed by atoms with Crippen molar-refractivity contribution in [3.05, 3.63) is 71.3 Å². The molecule has 2 heterocycles. The second kappa shape index (κ2) is 43.2. The third kappa shape index (κ3) is 38.8. The number of rotatable bonds is 8. The Morgan fingerprint density at radius 3 is 1.23 bits per heavy atom. The van der Waals surface area contributed by atoms with E-state index in [9.17, 15) is 53.9 Å². The van der Waals surface area contributed by atoms with Gasteiger partial charge in [-0.15, -0.1) is 36.0 Å². The number of carboxylic acid groups (broad SMARTS) is 1. The zero-order valence-corrected chi connectivity index (χ0v) is 47.0. The second-order valence-corrected chi connectivity index (χ2v) is 15.8. The molecule has 2 fully saturated rings. The zero-order chi connectivity index (χ0) is 61.1. The van der Waals surface area contributed by atoms with Crippen molar-refractivity contribution in [2.24, 2.45) is 0 Å².